The van der Waals surface area contributed by atoms with Crippen LogP contribution in [0.2, 0.25) is 0 Å². The van der Waals surface area contributed by atoms with E-state index in [-0.39, 0.29) is 36.2 Å². The molecule has 10 nitrogen and oxygen atoms in total. The topological polar surface area (TPSA) is 124 Å². The Kier molecular flexibility index (Phi) is 9.91. The monoisotopic (exact) mass is 536 g/mol. The normalized spacial score (nSPS) is 9.97. The highest BCUT2D eigenvalue weighted by atomic mass is 19.1. The van der Waals surface area contributed by atoms with E-state index in [9.17, 15) is 23.6 Å². The second-order valence-electron chi connectivity index (χ2n) is 7.28. The predicted molar refractivity (Wildman–Crippen MR) is 133 cm³/mol. The molecule has 3 aromatic carbocycles. The highest BCUT2D eigenvalue weighted by Crippen LogP contribution is 2.25. The molecule has 0 bridgehead atoms. The number of rotatable bonds is 12. The fourth-order valence-corrected chi connectivity index (χ4v) is 2.76. The molecule has 0 saturated heterocycles. The van der Waals surface area contributed by atoms with Gasteiger partial charge in [-0.3, -0.25) is 0 Å². The molecule has 0 saturated carbocycles. The van der Waals surface area contributed by atoms with Crippen LogP contribution in [0.15, 0.2) is 92.0 Å². The van der Waals surface area contributed by atoms with Gasteiger partial charge in [-0.25, -0.2) is 23.6 Å². The van der Waals surface area contributed by atoms with Gasteiger partial charge in [-0.2, -0.15) is 0 Å². The lowest BCUT2D eigenvalue weighted by molar-refractivity contribution is -0.145. The molecule has 200 valence electrons. The Balaban J connectivity index is 1.53. The van der Waals surface area contributed by atoms with Gasteiger partial charge in [0.15, 0.2) is 11.6 Å². The first-order valence-electron chi connectivity index (χ1n) is 11.1. The summed E-state index contributed by atoms with van der Waals surface area (Å²) in [5.74, 6) is -3.69. The van der Waals surface area contributed by atoms with Gasteiger partial charge in [0.1, 0.15) is 17.2 Å². The summed E-state index contributed by atoms with van der Waals surface area (Å²) in [6.45, 7) is 5.84. The maximum absolute atomic E-state index is 14.5. The van der Waals surface area contributed by atoms with Gasteiger partial charge in [-0.05, 0) is 60.7 Å². The zero-order valence-corrected chi connectivity index (χ0v) is 20.3. The van der Waals surface area contributed by atoms with Crippen LogP contribution >= 0.6 is 0 Å². The van der Waals surface area contributed by atoms with Gasteiger partial charge in [0.25, 0.3) is 0 Å². The SMILES string of the molecule is C=CC(=O)OCOc1ccc(C(=O)Oc2ccc(OC(=O)c3ccc(OCOC(=O)C=C)cc3)c(F)c2)cc1. The summed E-state index contributed by atoms with van der Waals surface area (Å²) in [4.78, 5) is 46.7. The van der Waals surface area contributed by atoms with Crippen molar-refractivity contribution in [3.05, 3.63) is 109 Å². The van der Waals surface area contributed by atoms with Crippen molar-refractivity contribution in [3.8, 4) is 23.0 Å². The first-order valence-corrected chi connectivity index (χ1v) is 11.1. The van der Waals surface area contributed by atoms with Gasteiger partial charge < -0.3 is 28.4 Å². The van der Waals surface area contributed by atoms with Crippen LogP contribution in [-0.4, -0.2) is 37.5 Å². The molecule has 0 N–H and O–H groups in total. The molecule has 0 radical (unpaired) electrons. The molecule has 0 aliphatic carbocycles. The fraction of sp³-hybridized carbons (Fsp3) is 0.0714. The van der Waals surface area contributed by atoms with E-state index in [2.05, 4.69) is 17.9 Å². The average molecular weight is 536 g/mol. The first kappa shape index (κ1) is 28.1. The van der Waals surface area contributed by atoms with Crippen molar-refractivity contribution in [2.45, 2.75) is 0 Å². The summed E-state index contributed by atoms with van der Waals surface area (Å²) in [5, 5.41) is 0. The second kappa shape index (κ2) is 13.7. The standard InChI is InChI=1S/C28H21FO10/c1-3-25(30)36-16-34-20-9-5-18(6-10-20)27(32)38-22-13-14-24(23(29)15-22)39-28(33)19-7-11-21(12-8-19)35-17-37-26(31)4-2/h3-15H,1-2,16-17H2. The molecule has 0 atom stereocenters. The zero-order chi connectivity index (χ0) is 28.2. The fourth-order valence-electron chi connectivity index (χ4n) is 2.76. The number of hydrogen-bond donors (Lipinski definition) is 0. The van der Waals surface area contributed by atoms with E-state index in [4.69, 9.17) is 23.7 Å². The Hall–Kier alpha value is -5.45. The van der Waals surface area contributed by atoms with E-state index in [0.29, 0.717) is 11.5 Å². The maximum Gasteiger partial charge on any atom is 0.343 e. The number of benzene rings is 3. The lowest BCUT2D eigenvalue weighted by Crippen LogP contribution is -2.11. The van der Waals surface area contributed by atoms with Crippen molar-refractivity contribution in [3.63, 3.8) is 0 Å². The van der Waals surface area contributed by atoms with Gasteiger partial charge in [0.2, 0.25) is 13.6 Å². The molecular formula is C28H21FO10. The number of halogens is 1. The lowest BCUT2D eigenvalue weighted by Gasteiger charge is -2.10. The maximum atomic E-state index is 14.5. The number of carbonyl (C=O) groups excluding carboxylic acids is 4. The van der Waals surface area contributed by atoms with Crippen molar-refractivity contribution in [1.82, 2.24) is 0 Å². The van der Waals surface area contributed by atoms with E-state index in [1.54, 1.807) is 0 Å². The summed E-state index contributed by atoms with van der Waals surface area (Å²) >= 11 is 0. The lowest BCUT2D eigenvalue weighted by atomic mass is 10.2. The van der Waals surface area contributed by atoms with E-state index in [0.717, 1.165) is 24.3 Å². The van der Waals surface area contributed by atoms with Crippen molar-refractivity contribution in [2.24, 2.45) is 0 Å². The Bertz CT molecular complexity index is 1360. The Morgan fingerprint density at radius 3 is 1.51 bits per heavy atom. The Labute approximate surface area is 221 Å². The smallest absolute Gasteiger partial charge is 0.343 e. The van der Waals surface area contributed by atoms with Crippen molar-refractivity contribution < 1.29 is 52.0 Å². The van der Waals surface area contributed by atoms with Crippen LogP contribution in [0.4, 0.5) is 4.39 Å². The molecule has 0 aliphatic heterocycles. The van der Waals surface area contributed by atoms with Crippen LogP contribution in [0.25, 0.3) is 0 Å². The number of carbonyl (C=O) groups is 4. The quantitative estimate of drug-likeness (QED) is 0.142. The van der Waals surface area contributed by atoms with Crippen LogP contribution in [-0.2, 0) is 19.1 Å². The van der Waals surface area contributed by atoms with Crippen molar-refractivity contribution >= 4 is 23.9 Å². The Morgan fingerprint density at radius 1 is 0.641 bits per heavy atom. The molecule has 3 rings (SSSR count). The van der Waals surface area contributed by atoms with Gasteiger partial charge in [0, 0.05) is 18.2 Å². The summed E-state index contributed by atoms with van der Waals surface area (Å²) < 4.78 is 44.6. The van der Waals surface area contributed by atoms with E-state index >= 15 is 0 Å². The highest BCUT2D eigenvalue weighted by molar-refractivity contribution is 5.92. The van der Waals surface area contributed by atoms with E-state index in [1.165, 1.54) is 54.6 Å². The molecule has 0 aliphatic rings. The molecule has 3 aromatic rings. The number of esters is 4. The van der Waals surface area contributed by atoms with Gasteiger partial charge in [-0.1, -0.05) is 13.2 Å². The molecule has 0 spiro atoms. The summed E-state index contributed by atoms with van der Waals surface area (Å²) in [5.41, 5.74) is 0.249. The first-order chi connectivity index (χ1) is 18.8. The Morgan fingerprint density at radius 2 is 1.08 bits per heavy atom. The molecule has 0 heterocycles. The van der Waals surface area contributed by atoms with Gasteiger partial charge >= 0.3 is 23.9 Å². The minimum absolute atomic E-state index is 0.103. The van der Waals surface area contributed by atoms with Crippen LogP contribution in [0.5, 0.6) is 23.0 Å². The summed E-state index contributed by atoms with van der Waals surface area (Å²) in [7, 11) is 0. The third-order valence-electron chi connectivity index (χ3n) is 4.68. The minimum atomic E-state index is -0.935. The summed E-state index contributed by atoms with van der Waals surface area (Å²) in [6.07, 6.45) is 1.98. The van der Waals surface area contributed by atoms with E-state index < -0.39 is 29.7 Å². The largest absolute Gasteiger partial charge is 0.457 e. The van der Waals surface area contributed by atoms with Crippen molar-refractivity contribution in [2.75, 3.05) is 13.6 Å². The second-order valence-corrected chi connectivity index (χ2v) is 7.28. The minimum Gasteiger partial charge on any atom is -0.457 e. The van der Waals surface area contributed by atoms with Gasteiger partial charge in [0.05, 0.1) is 11.1 Å². The molecule has 11 heteroatoms. The predicted octanol–water partition coefficient (Wildman–Crippen LogP) is 4.40. The molecule has 0 aromatic heterocycles. The third kappa shape index (κ3) is 8.57. The van der Waals surface area contributed by atoms with Crippen molar-refractivity contribution in [1.29, 1.82) is 0 Å². The van der Waals surface area contributed by atoms with Crippen LogP contribution in [0.1, 0.15) is 20.7 Å². The average Bonchev–Trinajstić information content (AvgIpc) is 2.94. The molecular weight excluding hydrogens is 515 g/mol. The molecule has 39 heavy (non-hydrogen) atoms. The molecule has 0 fully saturated rings. The van der Waals surface area contributed by atoms with E-state index in [1.807, 2.05) is 0 Å². The molecule has 0 unspecified atom stereocenters. The third-order valence-corrected chi connectivity index (χ3v) is 4.68. The van der Waals surface area contributed by atoms with Gasteiger partial charge in [-0.15, -0.1) is 0 Å². The van der Waals surface area contributed by atoms with Crippen LogP contribution in [0, 0.1) is 5.82 Å². The summed E-state index contributed by atoms with van der Waals surface area (Å²) in [6, 6.07) is 14.7. The van der Waals surface area contributed by atoms with Crippen LogP contribution in [0.3, 0.4) is 0 Å². The number of ether oxygens (including phenoxy) is 6. The highest BCUT2D eigenvalue weighted by Gasteiger charge is 2.15. The van der Waals surface area contributed by atoms with Crippen LogP contribution < -0.4 is 18.9 Å². The molecule has 0 amide bonds. The number of hydrogen-bond acceptors (Lipinski definition) is 10. The zero-order valence-electron chi connectivity index (χ0n) is 20.3.